The molecule has 0 atom stereocenters. The van der Waals surface area contributed by atoms with Gasteiger partial charge >= 0.3 is 28.9 Å². The Morgan fingerprint density at radius 1 is 0.815 bits per heavy atom. The second kappa shape index (κ2) is 19.1. The predicted molar refractivity (Wildman–Crippen MR) is 112 cm³/mol. The minimum atomic E-state index is -3.33. The minimum absolute atomic E-state index is 0. The third kappa shape index (κ3) is 21.9. The molecule has 0 heterocycles. The first-order chi connectivity index (χ1) is 12.4. The van der Waals surface area contributed by atoms with Crippen LogP contribution in [0.3, 0.4) is 0 Å². The molecule has 0 amide bonds. The molecular formula is C21H41ClN2O2Ti+. The van der Waals surface area contributed by atoms with E-state index in [0.717, 1.165) is 11.0 Å². The Kier molecular flexibility index (Phi) is 20.5. The molecule has 0 aromatic heterocycles. The van der Waals surface area contributed by atoms with E-state index >= 15 is 0 Å². The van der Waals surface area contributed by atoms with Crippen molar-refractivity contribution in [1.29, 1.82) is 0 Å². The Bertz CT molecular complexity index is 500. The first-order valence-electron chi connectivity index (χ1n) is 10.2. The zero-order chi connectivity index (χ0) is 19.7. The van der Waals surface area contributed by atoms with Gasteiger partial charge in [0.2, 0.25) is 0 Å². The van der Waals surface area contributed by atoms with Crippen molar-refractivity contribution in [3.63, 3.8) is 0 Å². The number of unbranched alkanes of at least 4 members (excludes halogenated alkanes) is 9. The summed E-state index contributed by atoms with van der Waals surface area (Å²) < 4.78 is 23.1. The van der Waals surface area contributed by atoms with E-state index in [0.29, 0.717) is 0 Å². The van der Waals surface area contributed by atoms with Crippen LogP contribution in [0.25, 0.3) is 0 Å². The van der Waals surface area contributed by atoms with E-state index in [2.05, 4.69) is 55.6 Å². The summed E-state index contributed by atoms with van der Waals surface area (Å²) in [7, 11) is 4.72. The van der Waals surface area contributed by atoms with Crippen molar-refractivity contribution in [1.82, 2.24) is 0 Å². The Morgan fingerprint density at radius 2 is 1.22 bits per heavy atom. The molecule has 0 bridgehead atoms. The Labute approximate surface area is 179 Å². The standard InChI is InChI=1S/C21H38N.ClH.H2N.2O.Ti/c1-4-5-6-7-8-9-10-11-12-16-19-22(2,3)20-21-17-14-13-15-18-21;;;;;/h13-15,17-18H,4-12,16,19-20H2,1-3H3;1H;1H2;;;/q+1;;-1;;;+1. The van der Waals surface area contributed by atoms with Crippen molar-refractivity contribution in [2.45, 2.75) is 77.7 Å². The SMILES string of the molecule is CCCCCCCCCCCC[N+](C)(C)Cc1ccccc1.Cl.[NH2][Ti](=[O])=[O]. The van der Waals surface area contributed by atoms with Crippen LogP contribution in [0.2, 0.25) is 0 Å². The van der Waals surface area contributed by atoms with Gasteiger partial charge in [0, 0.05) is 5.56 Å². The maximum atomic E-state index is 8.92. The molecule has 0 radical (unpaired) electrons. The molecule has 0 unspecified atom stereocenters. The van der Waals surface area contributed by atoms with Crippen LogP contribution in [0.4, 0.5) is 0 Å². The zero-order valence-electron chi connectivity index (χ0n) is 17.6. The quantitative estimate of drug-likeness (QED) is 0.242. The molecule has 2 N–H and O–H groups in total. The summed E-state index contributed by atoms with van der Waals surface area (Å²) in [5.74, 6) is 0. The Balaban J connectivity index is 0. The fraction of sp³-hybridized carbons (Fsp3) is 0.714. The van der Waals surface area contributed by atoms with E-state index in [1.54, 1.807) is 0 Å². The number of benzene rings is 1. The van der Waals surface area contributed by atoms with Crippen LogP contribution in [-0.2, 0) is 31.3 Å². The maximum absolute atomic E-state index is 8.92. The number of rotatable bonds is 13. The molecule has 0 spiro atoms. The van der Waals surface area contributed by atoms with Gasteiger partial charge < -0.3 is 4.48 Å². The van der Waals surface area contributed by atoms with Gasteiger partial charge in [0.25, 0.3) is 0 Å². The molecule has 1 aromatic rings. The van der Waals surface area contributed by atoms with Crippen molar-refractivity contribution in [2.75, 3.05) is 20.6 Å². The van der Waals surface area contributed by atoms with Gasteiger partial charge in [0.05, 0.1) is 20.6 Å². The van der Waals surface area contributed by atoms with Crippen molar-refractivity contribution >= 4 is 12.4 Å². The second-order valence-corrected chi connectivity index (χ2v) is 8.80. The number of halogens is 1. The van der Waals surface area contributed by atoms with E-state index < -0.39 is 18.1 Å². The number of hydrogen-bond donors (Lipinski definition) is 1. The molecule has 0 aliphatic heterocycles. The summed E-state index contributed by atoms with van der Waals surface area (Å²) in [6.45, 7) is 4.74. The van der Waals surface area contributed by atoms with Gasteiger partial charge in [-0.05, 0) is 12.8 Å². The number of quaternary nitrogens is 1. The molecular weight excluding hydrogens is 396 g/mol. The molecule has 6 heteroatoms. The molecule has 0 aliphatic carbocycles. The molecule has 27 heavy (non-hydrogen) atoms. The van der Waals surface area contributed by atoms with Gasteiger partial charge in [-0.15, -0.1) is 12.4 Å². The average molecular weight is 437 g/mol. The topological polar surface area (TPSA) is 60.2 Å². The third-order valence-electron chi connectivity index (χ3n) is 4.57. The summed E-state index contributed by atoms with van der Waals surface area (Å²) in [5, 5.41) is 0. The normalized spacial score (nSPS) is 10.5. The monoisotopic (exact) mass is 436 g/mol. The van der Waals surface area contributed by atoms with E-state index in [9.17, 15) is 0 Å². The summed E-state index contributed by atoms with van der Waals surface area (Å²) in [6, 6.07) is 10.9. The Hall–Kier alpha value is -0.256. The van der Waals surface area contributed by atoms with Crippen molar-refractivity contribution < 1.29 is 29.2 Å². The predicted octanol–water partition coefficient (Wildman–Crippen LogP) is 5.78. The van der Waals surface area contributed by atoms with Crippen molar-refractivity contribution in [2.24, 2.45) is 4.22 Å². The van der Waals surface area contributed by atoms with Crippen LogP contribution in [0, 0.1) is 0 Å². The third-order valence-corrected chi connectivity index (χ3v) is 4.57. The van der Waals surface area contributed by atoms with E-state index in [1.807, 2.05) is 0 Å². The van der Waals surface area contributed by atoms with Crippen LogP contribution in [0.15, 0.2) is 30.3 Å². The number of nitrogens with two attached hydrogens (primary N) is 1. The van der Waals surface area contributed by atoms with Crippen LogP contribution in [0.5, 0.6) is 0 Å². The molecule has 1 aromatic carbocycles. The molecule has 0 saturated heterocycles. The first kappa shape index (κ1) is 28.9. The summed E-state index contributed by atoms with van der Waals surface area (Å²) >= 11 is -3.33. The van der Waals surface area contributed by atoms with Gasteiger partial charge in [-0.1, -0.05) is 88.6 Å². The van der Waals surface area contributed by atoms with Crippen LogP contribution >= 0.6 is 12.4 Å². The van der Waals surface area contributed by atoms with Crippen LogP contribution < -0.4 is 4.22 Å². The summed E-state index contributed by atoms with van der Waals surface area (Å²) in [6.07, 6.45) is 14.2. The fourth-order valence-corrected chi connectivity index (χ4v) is 3.18. The number of hydrogen-bond acceptors (Lipinski definition) is 2. The average Bonchev–Trinajstić information content (AvgIpc) is 2.56. The van der Waals surface area contributed by atoms with Crippen molar-refractivity contribution in [3.8, 4) is 0 Å². The second-order valence-electron chi connectivity index (χ2n) is 7.80. The van der Waals surface area contributed by atoms with Gasteiger partial charge in [0.15, 0.2) is 0 Å². The molecule has 0 aliphatic rings. The van der Waals surface area contributed by atoms with Crippen molar-refractivity contribution in [3.05, 3.63) is 35.9 Å². The van der Waals surface area contributed by atoms with Gasteiger partial charge in [-0.25, -0.2) is 0 Å². The van der Waals surface area contributed by atoms with E-state index in [-0.39, 0.29) is 12.4 Å². The fourth-order valence-electron chi connectivity index (χ4n) is 3.18. The van der Waals surface area contributed by atoms with Crippen LogP contribution in [-0.4, -0.2) is 25.1 Å². The van der Waals surface area contributed by atoms with Gasteiger partial charge in [-0.2, -0.15) is 0 Å². The molecule has 157 valence electrons. The van der Waals surface area contributed by atoms with E-state index in [1.165, 1.54) is 76.3 Å². The first-order valence-corrected chi connectivity index (χ1v) is 12.4. The summed E-state index contributed by atoms with van der Waals surface area (Å²) in [5.41, 5.74) is 1.46. The molecule has 4 nitrogen and oxygen atoms in total. The van der Waals surface area contributed by atoms with E-state index in [4.69, 9.17) is 6.65 Å². The van der Waals surface area contributed by atoms with Gasteiger partial charge in [0.1, 0.15) is 6.54 Å². The van der Waals surface area contributed by atoms with Gasteiger partial charge in [-0.3, -0.25) is 0 Å². The van der Waals surface area contributed by atoms with Crippen LogP contribution in [0.1, 0.15) is 76.7 Å². The Morgan fingerprint density at radius 3 is 1.67 bits per heavy atom. The number of nitrogens with zero attached hydrogens (tertiary/aromatic N) is 1. The molecule has 0 fully saturated rings. The zero-order valence-corrected chi connectivity index (χ0v) is 20.0. The molecule has 0 saturated carbocycles. The summed E-state index contributed by atoms with van der Waals surface area (Å²) in [4.78, 5) is 0. The molecule has 1 rings (SSSR count).